The minimum absolute atomic E-state index is 0.212. The average molecular weight is 386 g/mol. The van der Waals surface area contributed by atoms with Gasteiger partial charge in [-0.05, 0) is 19.1 Å². The SMILES string of the molecule is CN(/C=N/C1C=CC=CC1(C)Cl)SN(c1ccccc1)S(C)(=O)=O. The lowest BCUT2D eigenvalue weighted by Gasteiger charge is -2.27. The second-order valence-corrected chi connectivity index (χ2v) is 9.54. The van der Waals surface area contributed by atoms with E-state index in [0.29, 0.717) is 5.69 Å². The van der Waals surface area contributed by atoms with Crippen molar-refractivity contribution >= 4 is 45.8 Å². The lowest BCUT2D eigenvalue weighted by Crippen LogP contribution is -2.31. The summed E-state index contributed by atoms with van der Waals surface area (Å²) in [5, 5.41) is 0. The van der Waals surface area contributed by atoms with E-state index in [4.69, 9.17) is 11.6 Å². The summed E-state index contributed by atoms with van der Waals surface area (Å²) in [5.74, 6) is 0. The highest BCUT2D eigenvalue weighted by Crippen LogP contribution is 2.29. The zero-order valence-corrected chi connectivity index (χ0v) is 16.1. The maximum atomic E-state index is 12.1. The molecule has 130 valence electrons. The molecule has 0 heterocycles. The van der Waals surface area contributed by atoms with Gasteiger partial charge in [-0.3, -0.25) is 9.30 Å². The molecule has 2 unspecified atom stereocenters. The molecule has 0 amide bonds. The van der Waals surface area contributed by atoms with Crippen LogP contribution in [-0.2, 0) is 10.0 Å². The number of sulfonamides is 1. The minimum Gasteiger partial charge on any atom is -0.291 e. The van der Waals surface area contributed by atoms with Gasteiger partial charge in [-0.15, -0.1) is 11.6 Å². The second-order valence-electron chi connectivity index (χ2n) is 5.56. The molecule has 0 spiro atoms. The molecule has 0 fully saturated rings. The molecule has 0 aliphatic heterocycles. The van der Waals surface area contributed by atoms with Crippen molar-refractivity contribution in [2.45, 2.75) is 17.8 Å². The third-order valence-electron chi connectivity index (χ3n) is 3.27. The summed E-state index contributed by atoms with van der Waals surface area (Å²) < 4.78 is 27.0. The predicted molar refractivity (Wildman–Crippen MR) is 104 cm³/mol. The van der Waals surface area contributed by atoms with E-state index >= 15 is 0 Å². The molecule has 0 N–H and O–H groups in total. The van der Waals surface area contributed by atoms with Crippen LogP contribution in [0.2, 0.25) is 0 Å². The highest BCUT2D eigenvalue weighted by atomic mass is 35.5. The van der Waals surface area contributed by atoms with Gasteiger partial charge < -0.3 is 0 Å². The highest BCUT2D eigenvalue weighted by molar-refractivity contribution is 8.13. The van der Waals surface area contributed by atoms with Crippen LogP contribution in [0, 0.1) is 0 Å². The number of halogens is 1. The summed E-state index contributed by atoms with van der Waals surface area (Å²) in [6.45, 7) is 1.89. The first-order valence-corrected chi connectivity index (χ1v) is 10.2. The number of rotatable bonds is 6. The minimum atomic E-state index is -3.44. The first-order chi connectivity index (χ1) is 11.2. The van der Waals surface area contributed by atoms with Crippen molar-refractivity contribution in [1.82, 2.24) is 4.31 Å². The van der Waals surface area contributed by atoms with Gasteiger partial charge >= 0.3 is 0 Å². The maximum absolute atomic E-state index is 12.1. The van der Waals surface area contributed by atoms with Crippen molar-refractivity contribution in [3.63, 3.8) is 0 Å². The Balaban J connectivity index is 2.11. The van der Waals surface area contributed by atoms with Crippen LogP contribution in [-0.4, -0.2) is 43.3 Å². The Morgan fingerprint density at radius 2 is 1.96 bits per heavy atom. The normalized spacial score (nSPS) is 23.6. The number of aliphatic imine (C=N–C) groups is 1. The Kier molecular flexibility index (Phi) is 6.01. The summed E-state index contributed by atoms with van der Waals surface area (Å²) in [6, 6.07) is 8.69. The Morgan fingerprint density at radius 1 is 1.29 bits per heavy atom. The fraction of sp³-hybridized carbons (Fsp3) is 0.312. The van der Waals surface area contributed by atoms with Crippen LogP contribution in [0.3, 0.4) is 0 Å². The van der Waals surface area contributed by atoms with E-state index in [1.807, 2.05) is 37.3 Å². The number of alkyl halides is 1. The first kappa shape index (κ1) is 18.9. The molecule has 0 radical (unpaired) electrons. The van der Waals surface area contributed by atoms with Gasteiger partial charge in [-0.25, -0.2) is 8.42 Å². The second kappa shape index (κ2) is 7.63. The number of para-hydroxylation sites is 1. The van der Waals surface area contributed by atoms with E-state index in [0.717, 1.165) is 12.1 Å². The van der Waals surface area contributed by atoms with Gasteiger partial charge in [-0.2, -0.15) is 3.71 Å². The number of nitrogens with zero attached hydrogens (tertiary/aromatic N) is 3. The molecule has 2 atom stereocenters. The fourth-order valence-electron chi connectivity index (χ4n) is 2.05. The van der Waals surface area contributed by atoms with Gasteiger partial charge in [0.05, 0.1) is 41.3 Å². The van der Waals surface area contributed by atoms with E-state index in [1.165, 1.54) is 9.97 Å². The van der Waals surface area contributed by atoms with Gasteiger partial charge in [0, 0.05) is 7.05 Å². The van der Waals surface area contributed by atoms with E-state index in [2.05, 4.69) is 4.99 Å². The van der Waals surface area contributed by atoms with Crippen LogP contribution >= 0.6 is 23.7 Å². The molecule has 1 aromatic carbocycles. The third-order valence-corrected chi connectivity index (χ3v) is 6.15. The molecule has 5 nitrogen and oxygen atoms in total. The standard InChI is InChI=1S/C16H20ClN3O2S2/c1-16(17)12-8-7-11-15(16)18-13-19(2)23-20(24(3,21)22)14-9-5-4-6-10-14/h4-13,15H,1-3H3/b18-13+. The number of allylic oxidation sites excluding steroid dienone is 2. The summed E-state index contributed by atoms with van der Waals surface area (Å²) in [5.41, 5.74) is 0.577. The molecular weight excluding hydrogens is 366 g/mol. The Bertz CT molecular complexity index is 746. The van der Waals surface area contributed by atoms with Gasteiger partial charge in [0.2, 0.25) is 10.0 Å². The molecule has 0 saturated heterocycles. The number of hydrogen-bond acceptors (Lipinski definition) is 4. The van der Waals surface area contributed by atoms with Gasteiger partial charge in [0.25, 0.3) is 0 Å². The zero-order chi connectivity index (χ0) is 17.8. The van der Waals surface area contributed by atoms with Crippen LogP contribution in [0.1, 0.15) is 6.92 Å². The monoisotopic (exact) mass is 385 g/mol. The molecule has 0 saturated carbocycles. The smallest absolute Gasteiger partial charge is 0.243 e. The fourth-order valence-corrected chi connectivity index (χ4v) is 4.10. The third kappa shape index (κ3) is 5.03. The first-order valence-electron chi connectivity index (χ1n) is 7.25. The van der Waals surface area contributed by atoms with Gasteiger partial charge in [0.1, 0.15) is 0 Å². The Morgan fingerprint density at radius 3 is 2.54 bits per heavy atom. The summed E-state index contributed by atoms with van der Waals surface area (Å²) in [7, 11) is -1.70. The number of hydrogen-bond donors (Lipinski definition) is 0. The van der Waals surface area contributed by atoms with E-state index < -0.39 is 14.9 Å². The maximum Gasteiger partial charge on any atom is 0.243 e. The highest BCUT2D eigenvalue weighted by Gasteiger charge is 2.28. The molecule has 8 heteroatoms. The molecule has 24 heavy (non-hydrogen) atoms. The molecule has 1 aliphatic rings. The van der Waals surface area contributed by atoms with Crippen molar-refractivity contribution in [3.05, 3.63) is 54.6 Å². The van der Waals surface area contributed by atoms with Crippen molar-refractivity contribution in [2.24, 2.45) is 4.99 Å². The van der Waals surface area contributed by atoms with Crippen molar-refractivity contribution in [2.75, 3.05) is 17.0 Å². The predicted octanol–water partition coefficient (Wildman–Crippen LogP) is 3.47. The number of benzene rings is 1. The molecule has 1 aliphatic carbocycles. The van der Waals surface area contributed by atoms with Crippen molar-refractivity contribution in [3.8, 4) is 0 Å². The molecule has 1 aromatic rings. The van der Waals surface area contributed by atoms with Crippen LogP contribution in [0.5, 0.6) is 0 Å². The van der Waals surface area contributed by atoms with Crippen LogP contribution < -0.4 is 3.71 Å². The largest absolute Gasteiger partial charge is 0.291 e. The van der Waals surface area contributed by atoms with Crippen molar-refractivity contribution < 1.29 is 8.42 Å². The quantitative estimate of drug-likeness (QED) is 0.325. The molecule has 0 aromatic heterocycles. The summed E-state index contributed by atoms with van der Waals surface area (Å²) in [4.78, 5) is 3.86. The average Bonchev–Trinajstić information content (AvgIpc) is 2.51. The topological polar surface area (TPSA) is 53.0 Å². The van der Waals surface area contributed by atoms with Crippen molar-refractivity contribution in [1.29, 1.82) is 0 Å². The van der Waals surface area contributed by atoms with Crippen LogP contribution in [0.25, 0.3) is 0 Å². The van der Waals surface area contributed by atoms with E-state index in [1.54, 1.807) is 42.0 Å². The lowest BCUT2D eigenvalue weighted by molar-refractivity contribution is 0.603. The Labute approximate surface area is 153 Å². The van der Waals surface area contributed by atoms with Crippen LogP contribution in [0.15, 0.2) is 59.6 Å². The van der Waals surface area contributed by atoms with Gasteiger partial charge in [-0.1, -0.05) is 42.5 Å². The summed E-state index contributed by atoms with van der Waals surface area (Å²) in [6.07, 6.45) is 10.3. The molecule has 2 rings (SSSR count). The summed E-state index contributed by atoms with van der Waals surface area (Å²) >= 11 is 7.45. The van der Waals surface area contributed by atoms with Gasteiger partial charge in [0.15, 0.2) is 0 Å². The number of anilines is 1. The molecular formula is C16H20ClN3O2S2. The van der Waals surface area contributed by atoms with E-state index in [-0.39, 0.29) is 6.04 Å². The molecule has 0 bridgehead atoms. The van der Waals surface area contributed by atoms with E-state index in [9.17, 15) is 8.42 Å². The van der Waals surface area contributed by atoms with Crippen LogP contribution in [0.4, 0.5) is 5.69 Å². The zero-order valence-electron chi connectivity index (χ0n) is 13.7. The lowest BCUT2D eigenvalue weighted by atomic mass is 9.97. The Hall–Kier alpha value is -1.44.